The number of aromatic nitrogens is 1. The van der Waals surface area contributed by atoms with Crippen molar-refractivity contribution in [3.8, 4) is 11.3 Å². The van der Waals surface area contributed by atoms with Crippen LogP contribution in [0, 0.1) is 6.92 Å². The number of carboxylic acid groups (broad SMARTS) is 1. The molecule has 0 spiro atoms. The molecule has 118 valence electrons. The van der Waals surface area contributed by atoms with Crippen LogP contribution in [-0.2, 0) is 11.2 Å². The summed E-state index contributed by atoms with van der Waals surface area (Å²) in [6.45, 7) is 1.88. The first-order valence-electron chi connectivity index (χ1n) is 6.86. The number of rotatable bonds is 3. The maximum absolute atomic E-state index is 11.3. The lowest BCUT2D eigenvalue weighted by Gasteiger charge is -2.06. The number of carboxylic acids is 1. The van der Waals surface area contributed by atoms with Crippen molar-refractivity contribution in [1.82, 2.24) is 4.98 Å². The van der Waals surface area contributed by atoms with E-state index in [9.17, 15) is 9.90 Å². The third-order valence-electron chi connectivity index (χ3n) is 3.82. The molecule has 0 aliphatic rings. The Morgan fingerprint density at radius 2 is 1.87 bits per heavy atom. The van der Waals surface area contributed by atoms with Crippen molar-refractivity contribution in [3.63, 3.8) is 0 Å². The minimum Gasteiger partial charge on any atom is -0.481 e. The van der Waals surface area contributed by atoms with Crippen molar-refractivity contribution in [1.29, 1.82) is 0 Å². The Hall–Kier alpha value is -1.68. The van der Waals surface area contributed by atoms with Crippen LogP contribution in [-0.4, -0.2) is 16.1 Å². The molecule has 3 aromatic rings. The van der Waals surface area contributed by atoms with Crippen LogP contribution >= 0.6 is 34.8 Å². The number of aryl methyl sites for hydroxylation is 1. The molecule has 1 aromatic heterocycles. The predicted octanol–water partition coefficient (Wildman–Crippen LogP) is 5.73. The average molecular weight is 369 g/mol. The zero-order chi connectivity index (χ0) is 16.7. The summed E-state index contributed by atoms with van der Waals surface area (Å²) < 4.78 is 0. The van der Waals surface area contributed by atoms with Crippen LogP contribution in [0.1, 0.15) is 11.1 Å². The monoisotopic (exact) mass is 367 g/mol. The highest BCUT2D eigenvalue weighted by Gasteiger charge is 2.20. The van der Waals surface area contributed by atoms with Gasteiger partial charge in [-0.1, -0.05) is 53.0 Å². The third-order valence-corrected chi connectivity index (χ3v) is 5.05. The molecule has 6 heteroatoms. The van der Waals surface area contributed by atoms with Crippen LogP contribution in [0.5, 0.6) is 0 Å². The third kappa shape index (κ3) is 2.80. The first kappa shape index (κ1) is 16.2. The number of carbonyl (C=O) groups is 1. The van der Waals surface area contributed by atoms with E-state index in [-0.39, 0.29) is 6.42 Å². The quantitative estimate of drug-likeness (QED) is 0.620. The number of hydrogen-bond acceptors (Lipinski definition) is 1. The van der Waals surface area contributed by atoms with Gasteiger partial charge in [-0.15, -0.1) is 0 Å². The summed E-state index contributed by atoms with van der Waals surface area (Å²) in [6, 6.07) is 8.86. The molecule has 2 aromatic carbocycles. The number of aromatic amines is 1. The number of benzene rings is 2. The van der Waals surface area contributed by atoms with Crippen LogP contribution in [0.3, 0.4) is 0 Å². The summed E-state index contributed by atoms with van der Waals surface area (Å²) >= 11 is 18.6. The molecule has 0 bridgehead atoms. The van der Waals surface area contributed by atoms with Crippen molar-refractivity contribution >= 4 is 51.7 Å². The fourth-order valence-corrected chi connectivity index (χ4v) is 3.25. The van der Waals surface area contributed by atoms with Gasteiger partial charge in [0.2, 0.25) is 0 Å². The summed E-state index contributed by atoms with van der Waals surface area (Å²) in [5, 5.41) is 11.5. The van der Waals surface area contributed by atoms with Crippen molar-refractivity contribution in [2.45, 2.75) is 13.3 Å². The molecule has 0 fully saturated rings. The van der Waals surface area contributed by atoms with Gasteiger partial charge < -0.3 is 10.1 Å². The minimum atomic E-state index is -0.919. The van der Waals surface area contributed by atoms with Gasteiger partial charge in [0.25, 0.3) is 0 Å². The maximum Gasteiger partial charge on any atom is 0.307 e. The predicted molar refractivity (Wildman–Crippen MR) is 94.8 cm³/mol. The largest absolute Gasteiger partial charge is 0.481 e. The van der Waals surface area contributed by atoms with Crippen LogP contribution in [0.4, 0.5) is 0 Å². The maximum atomic E-state index is 11.3. The summed E-state index contributed by atoms with van der Waals surface area (Å²) in [4.78, 5) is 14.6. The van der Waals surface area contributed by atoms with E-state index < -0.39 is 5.97 Å². The Balaban J connectivity index is 2.37. The Labute approximate surface area is 147 Å². The number of nitrogens with one attached hydrogen (secondary N) is 1. The Bertz CT molecular complexity index is 931. The van der Waals surface area contributed by atoms with Gasteiger partial charge in [-0.25, -0.2) is 0 Å². The normalized spacial score (nSPS) is 11.1. The molecule has 2 N–H and O–H groups in total. The molecule has 0 atom stereocenters. The molecule has 1 heterocycles. The Morgan fingerprint density at radius 1 is 1.13 bits per heavy atom. The second kappa shape index (κ2) is 6.08. The molecule has 0 amide bonds. The van der Waals surface area contributed by atoms with E-state index in [1.165, 1.54) is 0 Å². The number of fused-ring (bicyclic) bond motifs is 1. The van der Waals surface area contributed by atoms with Crippen molar-refractivity contribution in [3.05, 3.63) is 56.5 Å². The smallest absolute Gasteiger partial charge is 0.307 e. The Kier molecular flexibility index (Phi) is 4.28. The van der Waals surface area contributed by atoms with Crippen LogP contribution in [0.15, 0.2) is 30.3 Å². The van der Waals surface area contributed by atoms with E-state index in [2.05, 4.69) is 4.98 Å². The second-order valence-electron chi connectivity index (χ2n) is 5.25. The number of H-pyrrole nitrogens is 1. The molecule has 0 aliphatic heterocycles. The van der Waals surface area contributed by atoms with E-state index in [4.69, 9.17) is 34.8 Å². The van der Waals surface area contributed by atoms with Crippen molar-refractivity contribution in [2.24, 2.45) is 0 Å². The molecule has 0 unspecified atom stereocenters. The second-order valence-corrected chi connectivity index (χ2v) is 6.44. The summed E-state index contributed by atoms with van der Waals surface area (Å²) in [5.74, 6) is -0.919. The van der Waals surface area contributed by atoms with Gasteiger partial charge in [-0.3, -0.25) is 4.79 Å². The fourth-order valence-electron chi connectivity index (χ4n) is 2.70. The van der Waals surface area contributed by atoms with Crippen molar-refractivity contribution < 1.29 is 9.90 Å². The zero-order valence-corrected chi connectivity index (χ0v) is 14.4. The van der Waals surface area contributed by atoms with Crippen molar-refractivity contribution in [2.75, 3.05) is 0 Å². The van der Waals surface area contributed by atoms with E-state index in [0.29, 0.717) is 31.9 Å². The number of hydrogen-bond donors (Lipinski definition) is 2. The SMILES string of the molecule is Cc1c(Cl)ccc2c(CC(=O)O)c(-c3cccc(Cl)c3Cl)[nH]c12. The van der Waals surface area contributed by atoms with Crippen LogP contribution in [0.25, 0.3) is 22.2 Å². The fraction of sp³-hybridized carbons (Fsp3) is 0.118. The molecule has 3 rings (SSSR count). The molecule has 23 heavy (non-hydrogen) atoms. The molecule has 0 radical (unpaired) electrons. The molecule has 0 saturated heterocycles. The Morgan fingerprint density at radius 3 is 2.57 bits per heavy atom. The van der Waals surface area contributed by atoms with E-state index in [1.54, 1.807) is 24.3 Å². The van der Waals surface area contributed by atoms with Crippen LogP contribution in [0.2, 0.25) is 15.1 Å². The van der Waals surface area contributed by atoms with E-state index in [0.717, 1.165) is 16.5 Å². The molecule has 0 saturated carbocycles. The summed E-state index contributed by atoms with van der Waals surface area (Å²) in [6.07, 6.45) is -0.126. The van der Waals surface area contributed by atoms with E-state index >= 15 is 0 Å². The van der Waals surface area contributed by atoms with Gasteiger partial charge in [0, 0.05) is 16.0 Å². The standard InChI is InChI=1S/C17H12Cl3NO2/c1-8-12(18)6-5-9-11(7-14(22)23)17(21-16(8)9)10-3-2-4-13(19)15(10)20/h2-6,21H,7H2,1H3,(H,22,23). The lowest BCUT2D eigenvalue weighted by atomic mass is 10.0. The number of aliphatic carboxylic acids is 1. The first-order chi connectivity index (χ1) is 10.9. The lowest BCUT2D eigenvalue weighted by molar-refractivity contribution is -0.136. The van der Waals surface area contributed by atoms with Gasteiger partial charge in [-0.05, 0) is 30.2 Å². The molecular weight excluding hydrogens is 357 g/mol. The lowest BCUT2D eigenvalue weighted by Crippen LogP contribution is -2.01. The zero-order valence-electron chi connectivity index (χ0n) is 12.1. The van der Waals surface area contributed by atoms with Gasteiger partial charge in [0.15, 0.2) is 0 Å². The summed E-state index contributed by atoms with van der Waals surface area (Å²) in [5.41, 5.74) is 3.65. The highest BCUT2D eigenvalue weighted by Crippen LogP contribution is 2.39. The topological polar surface area (TPSA) is 53.1 Å². The molecule has 0 aliphatic carbocycles. The van der Waals surface area contributed by atoms with Gasteiger partial charge in [0.1, 0.15) is 0 Å². The van der Waals surface area contributed by atoms with Gasteiger partial charge >= 0.3 is 5.97 Å². The highest BCUT2D eigenvalue weighted by molar-refractivity contribution is 6.43. The number of halogens is 3. The molecular formula is C17H12Cl3NO2. The first-order valence-corrected chi connectivity index (χ1v) is 7.99. The highest BCUT2D eigenvalue weighted by atomic mass is 35.5. The van der Waals surface area contributed by atoms with Gasteiger partial charge in [0.05, 0.1) is 27.7 Å². The van der Waals surface area contributed by atoms with Gasteiger partial charge in [-0.2, -0.15) is 0 Å². The summed E-state index contributed by atoms with van der Waals surface area (Å²) in [7, 11) is 0. The van der Waals surface area contributed by atoms with E-state index in [1.807, 2.05) is 13.0 Å². The minimum absolute atomic E-state index is 0.126. The molecule has 3 nitrogen and oxygen atoms in total. The van der Waals surface area contributed by atoms with Crippen LogP contribution < -0.4 is 0 Å². The average Bonchev–Trinajstić information content (AvgIpc) is 2.84.